The van der Waals surface area contributed by atoms with Crippen molar-refractivity contribution in [2.45, 2.75) is 44.4 Å². The fraction of sp³-hybridized carbons (Fsp3) is 0.818. The third-order valence-electron chi connectivity index (χ3n) is 7.29. The lowest BCUT2D eigenvalue weighted by molar-refractivity contribution is -0.137. The molecule has 3 fully saturated rings. The monoisotopic (exact) mass is 495 g/mol. The molecule has 0 radical (unpaired) electrons. The Hall–Kier alpha value is -2.64. The van der Waals surface area contributed by atoms with E-state index in [0.29, 0.717) is 12.4 Å². The number of cyclic esters (lactones) is 1. The van der Waals surface area contributed by atoms with Crippen LogP contribution in [0.4, 0.5) is 10.7 Å². The molecule has 3 aliphatic rings. The van der Waals surface area contributed by atoms with E-state index in [9.17, 15) is 14.4 Å². The van der Waals surface area contributed by atoms with Crippen molar-refractivity contribution in [3.8, 4) is 0 Å². The molecule has 3 aliphatic heterocycles. The van der Waals surface area contributed by atoms with Crippen LogP contribution in [0.5, 0.6) is 0 Å². The van der Waals surface area contributed by atoms with E-state index < -0.39 is 11.7 Å². The fourth-order valence-electron chi connectivity index (χ4n) is 5.17. The number of unbranched alkanes of at least 4 members (excludes halogenated alkanes) is 1. The van der Waals surface area contributed by atoms with Crippen molar-refractivity contribution in [1.29, 1.82) is 0 Å². The highest BCUT2D eigenvalue weighted by atomic mass is 16.6. The molecule has 35 heavy (non-hydrogen) atoms. The van der Waals surface area contributed by atoms with Gasteiger partial charge in [-0.25, -0.2) is 9.59 Å². The molecule has 3 saturated heterocycles. The minimum atomic E-state index is -0.751. The Morgan fingerprint density at radius 2 is 1.66 bits per heavy atom. The first-order chi connectivity index (χ1) is 16.9. The Balaban J connectivity index is 1.16. The summed E-state index contributed by atoms with van der Waals surface area (Å²) in [5, 5.41) is 12.6. The van der Waals surface area contributed by atoms with Crippen LogP contribution in [0, 0.1) is 0 Å². The van der Waals surface area contributed by atoms with E-state index in [1.165, 1.54) is 0 Å². The second-order valence-electron chi connectivity index (χ2n) is 9.57. The highest BCUT2D eigenvalue weighted by Gasteiger charge is 2.43. The van der Waals surface area contributed by atoms with Gasteiger partial charge in [0.15, 0.2) is 6.23 Å². The number of nitrogens with one attached hydrogen (secondary N) is 1. The molecule has 196 valence electrons. The Bertz CT molecular complexity index is 891. The number of carboxylic acid groups (broad SMARTS) is 1. The highest BCUT2D eigenvalue weighted by molar-refractivity contribution is 5.70. The average Bonchev–Trinajstić information content (AvgIpc) is 3.40. The van der Waals surface area contributed by atoms with Crippen LogP contribution in [-0.2, 0) is 9.53 Å². The Morgan fingerprint density at radius 3 is 2.29 bits per heavy atom. The number of likely N-dealkylation sites (N-methyl/N-ethyl adjacent to an activating group) is 1. The van der Waals surface area contributed by atoms with Crippen molar-refractivity contribution in [3.05, 3.63) is 10.6 Å². The Morgan fingerprint density at radius 1 is 1.00 bits per heavy atom. The zero-order valence-corrected chi connectivity index (χ0v) is 20.4. The lowest BCUT2D eigenvalue weighted by Crippen LogP contribution is -2.54. The summed E-state index contributed by atoms with van der Waals surface area (Å²) in [5.41, 5.74) is 0. The maximum Gasteiger partial charge on any atom is 0.440 e. The minimum Gasteiger partial charge on any atom is -0.481 e. The largest absolute Gasteiger partial charge is 0.481 e. The summed E-state index contributed by atoms with van der Waals surface area (Å²) in [6, 6.07) is 0.0434. The number of carbonyl (C=O) groups excluding carboxylic acids is 1. The molecule has 1 amide bonds. The summed E-state index contributed by atoms with van der Waals surface area (Å²) < 4.78 is 10.3. The molecule has 4 heterocycles. The molecule has 1 aromatic rings. The number of hydrogen-bond acceptors (Lipinski definition) is 10. The second-order valence-corrected chi connectivity index (χ2v) is 9.57. The van der Waals surface area contributed by atoms with Crippen LogP contribution in [-0.4, -0.2) is 132 Å². The van der Waals surface area contributed by atoms with Crippen LogP contribution in [0.15, 0.2) is 9.32 Å². The lowest BCUT2D eigenvalue weighted by atomic mass is 10.1. The number of anilines is 1. The number of carbonyl (C=O) groups is 2. The summed E-state index contributed by atoms with van der Waals surface area (Å²) in [6.45, 7) is 8.52. The number of aromatic nitrogens is 2. The fourth-order valence-corrected chi connectivity index (χ4v) is 5.17. The molecule has 0 saturated carbocycles. The number of ether oxygens (including phenoxy) is 1. The van der Waals surface area contributed by atoms with Gasteiger partial charge >= 0.3 is 17.8 Å². The zero-order valence-electron chi connectivity index (χ0n) is 20.4. The highest BCUT2D eigenvalue weighted by Crippen LogP contribution is 2.26. The SMILES string of the molecule is CN1C(=O)OC(N2CCN(CCCC(=O)O)CC2)C1CCCCN1CCN(c2noc(=O)[nH]2)CC1. The van der Waals surface area contributed by atoms with Crippen molar-refractivity contribution < 1.29 is 24.0 Å². The first kappa shape index (κ1) is 25.5. The van der Waals surface area contributed by atoms with E-state index >= 15 is 0 Å². The topological polar surface area (TPSA) is 139 Å². The first-order valence-corrected chi connectivity index (χ1v) is 12.6. The number of rotatable bonds is 11. The molecular formula is C22H37N7O6. The third kappa shape index (κ3) is 6.73. The van der Waals surface area contributed by atoms with E-state index in [4.69, 9.17) is 9.84 Å². The van der Waals surface area contributed by atoms with E-state index in [0.717, 1.165) is 84.7 Å². The van der Waals surface area contributed by atoms with Gasteiger partial charge in [-0.2, -0.15) is 0 Å². The molecule has 1 aromatic heterocycles. The molecule has 0 aliphatic carbocycles. The molecule has 0 bridgehead atoms. The summed E-state index contributed by atoms with van der Waals surface area (Å²) in [4.78, 5) is 47.5. The van der Waals surface area contributed by atoms with Gasteiger partial charge < -0.3 is 24.5 Å². The number of amides is 1. The van der Waals surface area contributed by atoms with Crippen molar-refractivity contribution >= 4 is 18.0 Å². The number of aliphatic carboxylic acids is 1. The predicted molar refractivity (Wildman–Crippen MR) is 126 cm³/mol. The van der Waals surface area contributed by atoms with Gasteiger partial charge in [0.1, 0.15) is 0 Å². The molecule has 2 N–H and O–H groups in total. The molecular weight excluding hydrogens is 458 g/mol. The van der Waals surface area contributed by atoms with Crippen molar-refractivity contribution in [2.75, 3.05) is 77.4 Å². The van der Waals surface area contributed by atoms with Gasteiger partial charge in [0.2, 0.25) is 5.95 Å². The third-order valence-corrected chi connectivity index (χ3v) is 7.29. The number of H-pyrrole nitrogens is 1. The van der Waals surface area contributed by atoms with Crippen LogP contribution in [0.25, 0.3) is 0 Å². The van der Waals surface area contributed by atoms with Gasteiger partial charge in [-0.1, -0.05) is 0 Å². The van der Waals surface area contributed by atoms with Crippen LogP contribution in [0.2, 0.25) is 0 Å². The van der Waals surface area contributed by atoms with Gasteiger partial charge in [0, 0.05) is 65.8 Å². The summed E-state index contributed by atoms with van der Waals surface area (Å²) in [6.07, 6.45) is 3.33. The van der Waals surface area contributed by atoms with Gasteiger partial charge in [0.05, 0.1) is 6.04 Å². The first-order valence-electron chi connectivity index (χ1n) is 12.6. The van der Waals surface area contributed by atoms with Gasteiger partial charge in [0.25, 0.3) is 0 Å². The van der Waals surface area contributed by atoms with Gasteiger partial charge in [-0.15, -0.1) is 0 Å². The molecule has 4 rings (SSSR count). The van der Waals surface area contributed by atoms with Gasteiger partial charge in [-0.05, 0) is 43.9 Å². The van der Waals surface area contributed by atoms with Crippen LogP contribution < -0.4 is 10.7 Å². The number of hydrogen-bond donors (Lipinski definition) is 2. The number of piperazine rings is 2. The summed E-state index contributed by atoms with van der Waals surface area (Å²) >= 11 is 0. The van der Waals surface area contributed by atoms with Crippen LogP contribution in [0.1, 0.15) is 32.1 Å². The smallest absolute Gasteiger partial charge is 0.440 e. The maximum absolute atomic E-state index is 12.3. The van der Waals surface area contributed by atoms with Crippen LogP contribution in [0.3, 0.4) is 0 Å². The Kier molecular flexibility index (Phi) is 8.63. The molecule has 0 aromatic carbocycles. The molecule has 0 spiro atoms. The zero-order chi connectivity index (χ0) is 24.8. The van der Waals surface area contributed by atoms with E-state index in [2.05, 4.69) is 29.4 Å². The lowest BCUT2D eigenvalue weighted by Gasteiger charge is -2.38. The standard InChI is InChI=1S/C22H37N7O6/c1-25-17(5-2-3-7-26-11-15-29(16-12-26)20-23-21(32)35-24-20)19(34-22(25)33)28-13-9-27(10-14-28)8-4-6-18(30)31/h17,19H,2-16H2,1H3,(H,30,31)(H,23,24,32). The molecule has 2 unspecified atom stereocenters. The molecule has 13 nitrogen and oxygen atoms in total. The predicted octanol–water partition coefficient (Wildman–Crippen LogP) is -0.0857. The van der Waals surface area contributed by atoms with Crippen molar-refractivity contribution in [1.82, 2.24) is 29.7 Å². The summed E-state index contributed by atoms with van der Waals surface area (Å²) in [5.74, 6) is -0.785. The second kappa shape index (κ2) is 11.9. The molecule has 2 atom stereocenters. The normalized spacial score (nSPS) is 24.8. The van der Waals surface area contributed by atoms with E-state index in [1.54, 1.807) is 4.90 Å². The van der Waals surface area contributed by atoms with Crippen LogP contribution >= 0.6 is 0 Å². The average molecular weight is 496 g/mol. The van der Waals surface area contributed by atoms with E-state index in [-0.39, 0.29) is 24.8 Å². The number of carboxylic acids is 1. The quantitative estimate of drug-likeness (QED) is 0.398. The minimum absolute atomic E-state index is 0.0434. The van der Waals surface area contributed by atoms with Crippen molar-refractivity contribution in [3.63, 3.8) is 0 Å². The van der Waals surface area contributed by atoms with Gasteiger partial charge in [-0.3, -0.25) is 24.1 Å². The molecule has 13 heteroatoms. The number of aromatic amines is 1. The maximum atomic E-state index is 12.3. The summed E-state index contributed by atoms with van der Waals surface area (Å²) in [7, 11) is 1.82. The number of nitrogens with zero attached hydrogens (tertiary/aromatic N) is 6. The van der Waals surface area contributed by atoms with E-state index in [1.807, 2.05) is 11.9 Å². The Labute approximate surface area is 204 Å². The van der Waals surface area contributed by atoms with Crippen molar-refractivity contribution in [2.24, 2.45) is 0 Å².